The Balaban J connectivity index is 2.41. The quantitative estimate of drug-likeness (QED) is 0.692. The molecule has 0 bridgehead atoms. The van der Waals surface area contributed by atoms with Crippen LogP contribution in [0.3, 0.4) is 0 Å². The Morgan fingerprint density at radius 3 is 3.27 bits per heavy atom. The van der Waals surface area contributed by atoms with Gasteiger partial charge in [0.1, 0.15) is 5.75 Å². The van der Waals surface area contributed by atoms with Crippen molar-refractivity contribution in [3.05, 3.63) is 18.2 Å². The van der Waals surface area contributed by atoms with Crippen LogP contribution >= 0.6 is 11.8 Å². The molecule has 2 rings (SSSR count). The summed E-state index contributed by atoms with van der Waals surface area (Å²) in [7, 11) is 1.68. The third kappa shape index (κ3) is 1.16. The van der Waals surface area contributed by atoms with Gasteiger partial charge in [-0.15, -0.1) is 11.8 Å². The van der Waals surface area contributed by atoms with Crippen LogP contribution < -0.4 is 10.1 Å². The van der Waals surface area contributed by atoms with E-state index < -0.39 is 0 Å². The third-order valence-electron chi connectivity index (χ3n) is 1.68. The van der Waals surface area contributed by atoms with Crippen LogP contribution in [0.25, 0.3) is 0 Å². The zero-order valence-electron chi connectivity index (χ0n) is 6.26. The summed E-state index contributed by atoms with van der Waals surface area (Å²) in [5.41, 5.74) is 1.19. The summed E-state index contributed by atoms with van der Waals surface area (Å²) in [6.07, 6.45) is 0. The molecule has 11 heavy (non-hydrogen) atoms. The normalized spacial score (nSPS) is 13.9. The van der Waals surface area contributed by atoms with Crippen LogP contribution in [-0.2, 0) is 0 Å². The molecule has 1 aromatic carbocycles. The molecule has 0 aromatic heterocycles. The first-order valence-electron chi connectivity index (χ1n) is 3.45. The molecule has 0 saturated heterocycles. The first kappa shape index (κ1) is 6.85. The van der Waals surface area contributed by atoms with Crippen molar-refractivity contribution < 1.29 is 4.74 Å². The Kier molecular flexibility index (Phi) is 1.66. The van der Waals surface area contributed by atoms with Crippen LogP contribution in [-0.4, -0.2) is 13.0 Å². The Hall–Kier alpha value is -0.830. The molecule has 1 aliphatic rings. The van der Waals surface area contributed by atoms with Crippen LogP contribution in [0.15, 0.2) is 23.1 Å². The standard InChI is InChI=1S/C8H9NOS/c1-10-6-2-3-8-7(4-6)9-5-11-8/h2-4,9H,5H2,1H3. The molecule has 0 radical (unpaired) electrons. The van der Waals surface area contributed by atoms with E-state index in [1.165, 1.54) is 10.6 Å². The van der Waals surface area contributed by atoms with Gasteiger partial charge in [0, 0.05) is 11.0 Å². The topological polar surface area (TPSA) is 21.3 Å². The van der Waals surface area contributed by atoms with E-state index in [0.717, 1.165) is 11.6 Å². The predicted octanol–water partition coefficient (Wildman–Crippen LogP) is 2.17. The first-order valence-corrected chi connectivity index (χ1v) is 4.43. The molecule has 0 aliphatic carbocycles. The molecular weight excluding hydrogens is 158 g/mol. The maximum absolute atomic E-state index is 5.09. The highest BCUT2D eigenvalue weighted by molar-refractivity contribution is 7.99. The second-order valence-corrected chi connectivity index (χ2v) is 3.34. The van der Waals surface area contributed by atoms with Gasteiger partial charge in [-0.3, -0.25) is 0 Å². The van der Waals surface area contributed by atoms with Gasteiger partial charge in [0.25, 0.3) is 0 Å². The Bertz CT molecular complexity index is 275. The lowest BCUT2D eigenvalue weighted by atomic mass is 10.3. The Labute approximate surface area is 69.9 Å². The lowest BCUT2D eigenvalue weighted by Gasteiger charge is -2.01. The van der Waals surface area contributed by atoms with Crippen molar-refractivity contribution in [2.75, 3.05) is 18.3 Å². The fourth-order valence-corrected chi connectivity index (χ4v) is 1.93. The lowest BCUT2D eigenvalue weighted by molar-refractivity contribution is 0.415. The van der Waals surface area contributed by atoms with E-state index in [1.54, 1.807) is 7.11 Å². The molecule has 0 atom stereocenters. The number of thioether (sulfide) groups is 1. The molecule has 0 amide bonds. The molecular formula is C8H9NOS. The highest BCUT2D eigenvalue weighted by atomic mass is 32.2. The lowest BCUT2D eigenvalue weighted by Crippen LogP contribution is -1.89. The van der Waals surface area contributed by atoms with Crippen molar-refractivity contribution in [3.8, 4) is 5.75 Å². The summed E-state index contributed by atoms with van der Waals surface area (Å²) in [5.74, 6) is 1.89. The first-order chi connectivity index (χ1) is 5.40. The fraction of sp³-hybridized carbons (Fsp3) is 0.250. The van der Waals surface area contributed by atoms with Crippen molar-refractivity contribution in [2.45, 2.75) is 4.90 Å². The number of anilines is 1. The molecule has 1 aliphatic heterocycles. The maximum atomic E-state index is 5.09. The molecule has 2 nitrogen and oxygen atoms in total. The van der Waals surface area contributed by atoms with Gasteiger partial charge in [0.2, 0.25) is 0 Å². The summed E-state index contributed by atoms with van der Waals surface area (Å²) in [6.45, 7) is 0. The Morgan fingerprint density at radius 2 is 2.45 bits per heavy atom. The van der Waals surface area contributed by atoms with E-state index in [4.69, 9.17) is 4.74 Å². The van der Waals surface area contributed by atoms with E-state index in [0.29, 0.717) is 0 Å². The van der Waals surface area contributed by atoms with Crippen LogP contribution in [0, 0.1) is 0 Å². The van der Waals surface area contributed by atoms with Gasteiger partial charge < -0.3 is 10.1 Å². The number of ether oxygens (including phenoxy) is 1. The molecule has 58 valence electrons. The second kappa shape index (κ2) is 2.66. The average molecular weight is 167 g/mol. The number of methoxy groups -OCH3 is 1. The van der Waals surface area contributed by atoms with E-state index in [1.807, 2.05) is 23.9 Å². The Morgan fingerprint density at radius 1 is 1.55 bits per heavy atom. The summed E-state index contributed by atoms with van der Waals surface area (Å²) < 4.78 is 5.09. The van der Waals surface area contributed by atoms with E-state index in [-0.39, 0.29) is 0 Å². The number of hydrogen-bond acceptors (Lipinski definition) is 3. The van der Waals surface area contributed by atoms with Crippen molar-refractivity contribution >= 4 is 17.4 Å². The molecule has 0 saturated carbocycles. The summed E-state index contributed by atoms with van der Waals surface area (Å²) >= 11 is 1.82. The zero-order valence-corrected chi connectivity index (χ0v) is 7.07. The summed E-state index contributed by atoms with van der Waals surface area (Å²) in [6, 6.07) is 6.09. The van der Waals surface area contributed by atoms with Gasteiger partial charge in [0.15, 0.2) is 0 Å². The van der Waals surface area contributed by atoms with Gasteiger partial charge in [-0.25, -0.2) is 0 Å². The minimum Gasteiger partial charge on any atom is -0.497 e. The van der Waals surface area contributed by atoms with Crippen LogP contribution in [0.2, 0.25) is 0 Å². The van der Waals surface area contributed by atoms with Crippen molar-refractivity contribution in [2.24, 2.45) is 0 Å². The van der Waals surface area contributed by atoms with Gasteiger partial charge in [-0.2, -0.15) is 0 Å². The molecule has 1 heterocycles. The molecule has 0 fully saturated rings. The molecule has 0 unspecified atom stereocenters. The SMILES string of the molecule is COc1ccc2c(c1)NCS2. The number of fused-ring (bicyclic) bond motifs is 1. The third-order valence-corrected chi connectivity index (χ3v) is 2.63. The molecule has 1 aromatic rings. The zero-order chi connectivity index (χ0) is 7.68. The summed E-state index contributed by atoms with van der Waals surface area (Å²) in [4.78, 5) is 1.31. The number of hydrogen-bond donors (Lipinski definition) is 1. The predicted molar refractivity (Wildman–Crippen MR) is 47.3 cm³/mol. The van der Waals surface area contributed by atoms with E-state index in [2.05, 4.69) is 11.4 Å². The largest absolute Gasteiger partial charge is 0.497 e. The van der Waals surface area contributed by atoms with Crippen LogP contribution in [0.5, 0.6) is 5.75 Å². The van der Waals surface area contributed by atoms with Crippen molar-refractivity contribution in [1.82, 2.24) is 0 Å². The number of benzene rings is 1. The van der Waals surface area contributed by atoms with Gasteiger partial charge in [0.05, 0.1) is 18.7 Å². The van der Waals surface area contributed by atoms with Gasteiger partial charge >= 0.3 is 0 Å². The van der Waals surface area contributed by atoms with Crippen LogP contribution in [0.4, 0.5) is 5.69 Å². The molecule has 3 heteroatoms. The minimum atomic E-state index is 0.916. The maximum Gasteiger partial charge on any atom is 0.121 e. The highest BCUT2D eigenvalue weighted by Gasteiger charge is 2.09. The van der Waals surface area contributed by atoms with Crippen LogP contribution in [0.1, 0.15) is 0 Å². The van der Waals surface area contributed by atoms with E-state index >= 15 is 0 Å². The molecule has 0 spiro atoms. The van der Waals surface area contributed by atoms with E-state index in [9.17, 15) is 0 Å². The highest BCUT2D eigenvalue weighted by Crippen LogP contribution is 2.35. The second-order valence-electron chi connectivity index (χ2n) is 2.33. The van der Waals surface area contributed by atoms with Crippen molar-refractivity contribution in [1.29, 1.82) is 0 Å². The van der Waals surface area contributed by atoms with Gasteiger partial charge in [-0.1, -0.05) is 0 Å². The van der Waals surface area contributed by atoms with Crippen molar-refractivity contribution in [3.63, 3.8) is 0 Å². The number of rotatable bonds is 1. The smallest absolute Gasteiger partial charge is 0.121 e. The number of nitrogens with one attached hydrogen (secondary N) is 1. The minimum absolute atomic E-state index is 0.916. The van der Waals surface area contributed by atoms with Gasteiger partial charge in [-0.05, 0) is 12.1 Å². The summed E-state index contributed by atoms with van der Waals surface area (Å²) in [5, 5.41) is 3.26. The molecule has 1 N–H and O–H groups in total. The average Bonchev–Trinajstić information content (AvgIpc) is 2.50. The fourth-order valence-electron chi connectivity index (χ4n) is 1.09. The monoisotopic (exact) mass is 167 g/mol.